The highest BCUT2D eigenvalue weighted by Gasteiger charge is 2.31. The number of hydrogen-bond acceptors (Lipinski definition) is 1. The second kappa shape index (κ2) is 4.10. The summed E-state index contributed by atoms with van der Waals surface area (Å²) in [5, 5.41) is 8.19. The molecule has 0 aliphatic carbocycles. The van der Waals surface area contributed by atoms with Gasteiger partial charge in [0, 0.05) is 12.1 Å². The molecule has 0 aromatic heterocycles. The summed E-state index contributed by atoms with van der Waals surface area (Å²) >= 11 is 0. The number of rotatable bonds is 0. The van der Waals surface area contributed by atoms with Crippen molar-refractivity contribution < 1.29 is 25.6 Å². The first-order valence-corrected chi connectivity index (χ1v) is 3.06. The van der Waals surface area contributed by atoms with Gasteiger partial charge in [0.15, 0.2) is 4.98 Å². The third kappa shape index (κ3) is 2.92. The van der Waals surface area contributed by atoms with Gasteiger partial charge < -0.3 is 12.4 Å². The van der Waals surface area contributed by atoms with E-state index in [-0.39, 0.29) is 18.1 Å². The second-order valence-electron chi connectivity index (χ2n) is 2.15. The molecule has 0 spiro atoms. The number of benzene rings is 1. The van der Waals surface area contributed by atoms with Crippen LogP contribution in [0.15, 0.2) is 24.3 Å². The van der Waals surface area contributed by atoms with Crippen LogP contribution in [0, 0.1) is 5.39 Å². The SMILES string of the molecule is N#[N+]c1cccc(C(F)(F)F)c1.[Cl-]. The summed E-state index contributed by atoms with van der Waals surface area (Å²) in [5.41, 5.74) is -0.928. The lowest BCUT2D eigenvalue weighted by Crippen LogP contribution is -3.00. The van der Waals surface area contributed by atoms with Gasteiger partial charge in [-0.1, -0.05) is 6.07 Å². The van der Waals surface area contributed by atoms with E-state index in [1.165, 1.54) is 12.1 Å². The van der Waals surface area contributed by atoms with Crippen molar-refractivity contribution in [3.63, 3.8) is 0 Å². The Morgan fingerprint density at radius 1 is 1.23 bits per heavy atom. The molecule has 2 nitrogen and oxygen atoms in total. The van der Waals surface area contributed by atoms with Crippen molar-refractivity contribution >= 4 is 5.69 Å². The number of halogens is 4. The zero-order valence-corrected chi connectivity index (χ0v) is 6.97. The first-order chi connectivity index (χ1) is 5.54. The van der Waals surface area contributed by atoms with Crippen molar-refractivity contribution in [1.82, 2.24) is 0 Å². The highest BCUT2D eigenvalue weighted by molar-refractivity contribution is 5.46. The fraction of sp³-hybridized carbons (Fsp3) is 0.143. The number of hydrogen-bond donors (Lipinski definition) is 0. The normalized spacial score (nSPS) is 10.0. The van der Waals surface area contributed by atoms with Crippen LogP contribution in [0.4, 0.5) is 18.9 Å². The Kier molecular flexibility index (Phi) is 3.69. The molecule has 13 heavy (non-hydrogen) atoms. The smallest absolute Gasteiger partial charge is 0.416 e. The van der Waals surface area contributed by atoms with Gasteiger partial charge >= 0.3 is 11.9 Å². The molecule has 0 saturated carbocycles. The van der Waals surface area contributed by atoms with Gasteiger partial charge in [-0.15, -0.1) is 0 Å². The predicted molar refractivity (Wildman–Crippen MR) is 36.2 cm³/mol. The van der Waals surface area contributed by atoms with Crippen LogP contribution in [0.2, 0.25) is 0 Å². The molecule has 1 aromatic carbocycles. The van der Waals surface area contributed by atoms with E-state index in [2.05, 4.69) is 4.98 Å². The summed E-state index contributed by atoms with van der Waals surface area (Å²) in [5.74, 6) is 0. The molecule has 0 atom stereocenters. The van der Waals surface area contributed by atoms with Crippen LogP contribution >= 0.6 is 0 Å². The van der Waals surface area contributed by atoms with Crippen LogP contribution < -0.4 is 12.4 Å². The van der Waals surface area contributed by atoms with Crippen LogP contribution in [-0.2, 0) is 6.18 Å². The fourth-order valence-electron chi connectivity index (χ4n) is 0.744. The second-order valence-corrected chi connectivity index (χ2v) is 2.15. The van der Waals surface area contributed by atoms with Crippen molar-refractivity contribution in [3.05, 3.63) is 34.8 Å². The molecule has 0 amide bonds. The highest BCUT2D eigenvalue weighted by Crippen LogP contribution is 2.31. The average molecular weight is 209 g/mol. The molecule has 0 bridgehead atoms. The summed E-state index contributed by atoms with van der Waals surface area (Å²) in [6.07, 6.45) is -4.39. The zero-order valence-electron chi connectivity index (χ0n) is 6.22. The van der Waals surface area contributed by atoms with Crippen molar-refractivity contribution in [2.45, 2.75) is 6.18 Å². The summed E-state index contributed by atoms with van der Waals surface area (Å²) < 4.78 is 35.9. The molecule has 0 radical (unpaired) electrons. The molecule has 0 unspecified atom stereocenters. The quantitative estimate of drug-likeness (QED) is 0.560. The van der Waals surface area contributed by atoms with Gasteiger partial charge in [-0.2, -0.15) is 13.2 Å². The highest BCUT2D eigenvalue weighted by atomic mass is 35.5. The minimum absolute atomic E-state index is 0. The number of nitrogens with zero attached hydrogens (tertiary/aromatic N) is 2. The van der Waals surface area contributed by atoms with Crippen LogP contribution in [0.1, 0.15) is 5.56 Å². The van der Waals surface area contributed by atoms with E-state index in [9.17, 15) is 13.2 Å². The third-order valence-electron chi connectivity index (χ3n) is 1.29. The molecule has 0 saturated heterocycles. The first-order valence-electron chi connectivity index (χ1n) is 3.06. The van der Waals surface area contributed by atoms with Gasteiger partial charge in [-0.25, -0.2) is 0 Å². The summed E-state index contributed by atoms with van der Waals surface area (Å²) in [4.78, 5) is 2.64. The molecule has 70 valence electrons. The molecular weight excluding hydrogens is 205 g/mol. The Balaban J connectivity index is 0.00000144. The Hall–Kier alpha value is -1.28. The summed E-state index contributed by atoms with van der Waals surface area (Å²) in [6, 6.07) is 4.13. The van der Waals surface area contributed by atoms with E-state index in [0.29, 0.717) is 0 Å². The number of diazo groups is 1. The average Bonchev–Trinajstić information content (AvgIpc) is 2.03. The minimum Gasteiger partial charge on any atom is -1.00 e. The Bertz CT molecular complexity index is 329. The molecular formula is C7H4ClF3N2. The van der Waals surface area contributed by atoms with Gasteiger partial charge in [0.25, 0.3) is 0 Å². The van der Waals surface area contributed by atoms with Crippen molar-refractivity contribution in [3.8, 4) is 0 Å². The third-order valence-corrected chi connectivity index (χ3v) is 1.29. The van der Waals surface area contributed by atoms with Gasteiger partial charge in [0.05, 0.1) is 5.56 Å². The van der Waals surface area contributed by atoms with E-state index in [1.807, 2.05) is 0 Å². The standard InChI is InChI=1S/C7H4F3N2.ClH/c8-7(9,10)5-2-1-3-6(4-5)12-11;/h1-4H;1H/q+1;/p-1. The Morgan fingerprint density at radius 2 is 1.85 bits per heavy atom. The Labute approximate surface area is 78.4 Å². The fourth-order valence-corrected chi connectivity index (χ4v) is 0.744. The number of alkyl halides is 3. The lowest BCUT2D eigenvalue weighted by molar-refractivity contribution is -0.137. The first kappa shape index (κ1) is 11.7. The summed E-state index contributed by atoms with van der Waals surface area (Å²) in [7, 11) is 0. The van der Waals surface area contributed by atoms with Crippen molar-refractivity contribution in [2.24, 2.45) is 0 Å². The van der Waals surface area contributed by atoms with Crippen LogP contribution in [-0.4, -0.2) is 0 Å². The lowest BCUT2D eigenvalue weighted by atomic mass is 10.2. The topological polar surface area (TPSA) is 28.1 Å². The minimum atomic E-state index is -4.39. The van der Waals surface area contributed by atoms with E-state index in [4.69, 9.17) is 5.39 Å². The lowest BCUT2D eigenvalue weighted by Gasteiger charge is -2.02. The molecule has 0 aliphatic rings. The van der Waals surface area contributed by atoms with E-state index < -0.39 is 11.7 Å². The molecule has 0 N–H and O–H groups in total. The maximum Gasteiger partial charge on any atom is 0.416 e. The van der Waals surface area contributed by atoms with Crippen molar-refractivity contribution in [2.75, 3.05) is 0 Å². The zero-order chi connectivity index (χ0) is 9.19. The maximum absolute atomic E-state index is 12.0. The van der Waals surface area contributed by atoms with E-state index in [0.717, 1.165) is 12.1 Å². The van der Waals surface area contributed by atoms with E-state index in [1.54, 1.807) is 0 Å². The van der Waals surface area contributed by atoms with Gasteiger partial charge in [-0.05, 0) is 6.07 Å². The molecule has 0 fully saturated rings. The van der Waals surface area contributed by atoms with Crippen LogP contribution in [0.5, 0.6) is 0 Å². The Morgan fingerprint density at radius 3 is 2.31 bits per heavy atom. The van der Waals surface area contributed by atoms with Gasteiger partial charge in [0.2, 0.25) is 5.39 Å². The molecule has 0 heterocycles. The summed E-state index contributed by atoms with van der Waals surface area (Å²) in [6.45, 7) is 0. The van der Waals surface area contributed by atoms with Crippen molar-refractivity contribution in [1.29, 1.82) is 5.39 Å². The molecule has 0 aliphatic heterocycles. The molecule has 1 rings (SSSR count). The largest absolute Gasteiger partial charge is 1.00 e. The van der Waals surface area contributed by atoms with Crippen LogP contribution in [0.3, 0.4) is 0 Å². The molecule has 6 heteroatoms. The van der Waals surface area contributed by atoms with Gasteiger partial charge in [0.1, 0.15) is 0 Å². The van der Waals surface area contributed by atoms with Gasteiger partial charge in [-0.3, -0.25) is 0 Å². The monoisotopic (exact) mass is 208 g/mol. The predicted octanol–water partition coefficient (Wildman–Crippen LogP) is 0.194. The molecule has 1 aromatic rings. The van der Waals surface area contributed by atoms with E-state index >= 15 is 0 Å². The maximum atomic E-state index is 12.0. The van der Waals surface area contributed by atoms with Crippen LogP contribution in [0.25, 0.3) is 4.98 Å².